The predicted octanol–water partition coefficient (Wildman–Crippen LogP) is 2.32. The Balaban J connectivity index is 2.16. The first-order valence-electron chi connectivity index (χ1n) is 6.53. The van der Waals surface area contributed by atoms with Crippen LogP contribution in [-0.2, 0) is 0 Å². The van der Waals surface area contributed by atoms with Gasteiger partial charge in [0.2, 0.25) is 0 Å². The van der Waals surface area contributed by atoms with Gasteiger partial charge in [0, 0.05) is 0 Å². The Morgan fingerprint density at radius 1 is 1.35 bits per heavy atom. The average Bonchev–Trinajstić information content (AvgIpc) is 2.87. The second-order valence-electron chi connectivity index (χ2n) is 4.97. The molecular formula is C14H17F2NO3. The summed E-state index contributed by atoms with van der Waals surface area (Å²) >= 11 is 0. The number of nitrogens with one attached hydrogen (secondary N) is 1. The van der Waals surface area contributed by atoms with Gasteiger partial charge in [-0.25, -0.2) is 0 Å². The van der Waals surface area contributed by atoms with Gasteiger partial charge in [0.1, 0.15) is 5.75 Å². The van der Waals surface area contributed by atoms with Crippen molar-refractivity contribution in [3.05, 3.63) is 29.8 Å². The third-order valence-corrected chi connectivity index (χ3v) is 3.59. The Labute approximate surface area is 115 Å². The molecule has 1 aliphatic rings. The molecule has 2 N–H and O–H groups in total. The van der Waals surface area contributed by atoms with Crippen LogP contribution in [0.3, 0.4) is 0 Å². The topological polar surface area (TPSA) is 58.6 Å². The van der Waals surface area contributed by atoms with E-state index < -0.39 is 18.1 Å². The molecule has 1 aliphatic carbocycles. The Kier molecular flexibility index (Phi) is 4.54. The number of amides is 1. The molecule has 20 heavy (non-hydrogen) atoms. The first kappa shape index (κ1) is 14.7. The number of carbonyl (C=O) groups is 1. The lowest BCUT2D eigenvalue weighted by atomic mass is 9.98. The number of carbonyl (C=O) groups excluding carboxylic acids is 1. The number of hydrogen-bond acceptors (Lipinski definition) is 3. The molecule has 110 valence electrons. The highest BCUT2D eigenvalue weighted by Gasteiger charge is 2.35. The molecule has 1 amide bonds. The first-order valence-corrected chi connectivity index (χ1v) is 6.53. The van der Waals surface area contributed by atoms with Crippen LogP contribution in [0.4, 0.5) is 8.78 Å². The van der Waals surface area contributed by atoms with Crippen LogP contribution in [-0.4, -0.2) is 29.8 Å². The van der Waals surface area contributed by atoms with Crippen molar-refractivity contribution in [2.45, 2.75) is 37.8 Å². The zero-order valence-electron chi connectivity index (χ0n) is 10.9. The highest BCUT2D eigenvalue weighted by atomic mass is 19.3. The lowest BCUT2D eigenvalue weighted by molar-refractivity contribution is -0.0502. The number of alkyl halides is 2. The average molecular weight is 285 g/mol. The predicted molar refractivity (Wildman–Crippen MR) is 68.8 cm³/mol. The van der Waals surface area contributed by atoms with Gasteiger partial charge < -0.3 is 15.2 Å². The van der Waals surface area contributed by atoms with Gasteiger partial charge in [-0.1, -0.05) is 25.0 Å². The van der Waals surface area contributed by atoms with E-state index in [4.69, 9.17) is 0 Å². The Morgan fingerprint density at radius 3 is 2.60 bits per heavy atom. The van der Waals surface area contributed by atoms with Gasteiger partial charge in [0.15, 0.2) is 0 Å². The molecule has 1 aromatic rings. The molecule has 1 fully saturated rings. The smallest absolute Gasteiger partial charge is 0.387 e. The number of ether oxygens (including phenoxy) is 1. The van der Waals surface area contributed by atoms with Crippen LogP contribution in [0.1, 0.15) is 36.0 Å². The summed E-state index contributed by atoms with van der Waals surface area (Å²) in [6, 6.07) is 5.84. The van der Waals surface area contributed by atoms with Crippen LogP contribution in [0.25, 0.3) is 0 Å². The SMILES string of the molecule is O=C(NC1(CO)CCCC1)c1ccccc1OC(F)F. The van der Waals surface area contributed by atoms with E-state index in [-0.39, 0.29) is 17.9 Å². The maximum atomic E-state index is 12.3. The number of hydrogen-bond donors (Lipinski definition) is 2. The molecule has 0 aliphatic heterocycles. The second kappa shape index (κ2) is 6.17. The van der Waals surface area contributed by atoms with E-state index in [1.165, 1.54) is 18.2 Å². The zero-order valence-corrected chi connectivity index (χ0v) is 10.9. The van der Waals surface area contributed by atoms with Crippen molar-refractivity contribution in [1.82, 2.24) is 5.32 Å². The van der Waals surface area contributed by atoms with Gasteiger partial charge in [0.05, 0.1) is 17.7 Å². The molecule has 2 rings (SSSR count). The molecule has 0 saturated heterocycles. The summed E-state index contributed by atoms with van der Waals surface area (Å²) < 4.78 is 29.0. The summed E-state index contributed by atoms with van der Waals surface area (Å²) in [4.78, 5) is 12.2. The van der Waals surface area contributed by atoms with Crippen molar-refractivity contribution < 1.29 is 23.4 Å². The van der Waals surface area contributed by atoms with Gasteiger partial charge >= 0.3 is 6.61 Å². The minimum Gasteiger partial charge on any atom is -0.434 e. The van der Waals surface area contributed by atoms with Crippen molar-refractivity contribution >= 4 is 5.91 Å². The molecule has 0 atom stereocenters. The standard InChI is InChI=1S/C14H17F2NO3/c15-13(16)20-11-6-2-1-5-10(11)12(19)17-14(9-18)7-3-4-8-14/h1-2,5-6,13,18H,3-4,7-9H2,(H,17,19). The molecule has 0 radical (unpaired) electrons. The van der Waals surface area contributed by atoms with E-state index in [0.29, 0.717) is 12.8 Å². The Morgan fingerprint density at radius 2 is 2.00 bits per heavy atom. The van der Waals surface area contributed by atoms with Crippen molar-refractivity contribution in [2.75, 3.05) is 6.61 Å². The third kappa shape index (κ3) is 3.25. The summed E-state index contributed by atoms with van der Waals surface area (Å²) in [5.41, 5.74) is -0.595. The fourth-order valence-electron chi connectivity index (χ4n) is 2.54. The number of aliphatic hydroxyl groups is 1. The van der Waals surface area contributed by atoms with Gasteiger partial charge in [-0.05, 0) is 25.0 Å². The number of rotatable bonds is 5. The molecule has 0 aromatic heterocycles. The number of benzene rings is 1. The van der Waals surface area contributed by atoms with E-state index in [0.717, 1.165) is 12.8 Å². The molecule has 4 nitrogen and oxygen atoms in total. The lowest BCUT2D eigenvalue weighted by Crippen LogP contribution is -2.49. The number of aliphatic hydroxyl groups excluding tert-OH is 1. The van der Waals surface area contributed by atoms with E-state index in [9.17, 15) is 18.7 Å². The minimum atomic E-state index is -2.98. The summed E-state index contributed by atoms with van der Waals surface area (Å²) in [5.74, 6) is -0.664. The van der Waals surface area contributed by atoms with Crippen molar-refractivity contribution in [2.24, 2.45) is 0 Å². The van der Waals surface area contributed by atoms with Gasteiger partial charge in [0.25, 0.3) is 5.91 Å². The second-order valence-corrected chi connectivity index (χ2v) is 4.97. The molecule has 0 spiro atoms. The minimum absolute atomic E-state index is 0.0486. The van der Waals surface area contributed by atoms with Crippen LogP contribution in [0.5, 0.6) is 5.75 Å². The van der Waals surface area contributed by atoms with Gasteiger partial charge in [-0.15, -0.1) is 0 Å². The molecule has 6 heteroatoms. The van der Waals surface area contributed by atoms with Gasteiger partial charge in [-0.3, -0.25) is 4.79 Å². The van der Waals surface area contributed by atoms with Crippen LogP contribution in [0.2, 0.25) is 0 Å². The third-order valence-electron chi connectivity index (χ3n) is 3.59. The fourth-order valence-corrected chi connectivity index (χ4v) is 2.54. The van der Waals surface area contributed by atoms with E-state index in [1.54, 1.807) is 6.07 Å². The van der Waals surface area contributed by atoms with Gasteiger partial charge in [-0.2, -0.15) is 8.78 Å². The largest absolute Gasteiger partial charge is 0.434 e. The van der Waals surface area contributed by atoms with E-state index >= 15 is 0 Å². The van der Waals surface area contributed by atoms with Crippen LogP contribution < -0.4 is 10.1 Å². The van der Waals surface area contributed by atoms with Crippen molar-refractivity contribution in [1.29, 1.82) is 0 Å². The summed E-state index contributed by atoms with van der Waals surface area (Å²) in [5, 5.41) is 12.2. The maximum Gasteiger partial charge on any atom is 0.387 e. The number of para-hydroxylation sites is 1. The van der Waals surface area contributed by atoms with Crippen LogP contribution >= 0.6 is 0 Å². The van der Waals surface area contributed by atoms with Crippen molar-refractivity contribution in [3.63, 3.8) is 0 Å². The Hall–Kier alpha value is -1.69. The highest BCUT2D eigenvalue weighted by Crippen LogP contribution is 2.30. The maximum absolute atomic E-state index is 12.3. The first-order chi connectivity index (χ1) is 9.56. The Bertz CT molecular complexity index is 473. The summed E-state index contributed by atoms with van der Waals surface area (Å²) in [7, 11) is 0. The zero-order chi connectivity index (χ0) is 14.6. The molecule has 0 unspecified atom stereocenters. The highest BCUT2D eigenvalue weighted by molar-refractivity contribution is 5.97. The summed E-state index contributed by atoms with van der Waals surface area (Å²) in [6.07, 6.45) is 3.23. The molecule has 0 heterocycles. The quantitative estimate of drug-likeness (QED) is 0.873. The number of halogens is 2. The fraction of sp³-hybridized carbons (Fsp3) is 0.500. The van der Waals surface area contributed by atoms with E-state index in [2.05, 4.69) is 10.1 Å². The summed E-state index contributed by atoms with van der Waals surface area (Å²) in [6.45, 7) is -3.14. The van der Waals surface area contributed by atoms with Crippen molar-refractivity contribution in [3.8, 4) is 5.75 Å². The molecular weight excluding hydrogens is 268 g/mol. The van der Waals surface area contributed by atoms with Crippen LogP contribution in [0, 0.1) is 0 Å². The lowest BCUT2D eigenvalue weighted by Gasteiger charge is -2.28. The van der Waals surface area contributed by atoms with Crippen LogP contribution in [0.15, 0.2) is 24.3 Å². The molecule has 1 aromatic carbocycles. The normalized spacial score (nSPS) is 17.2. The van der Waals surface area contributed by atoms with E-state index in [1.807, 2.05) is 0 Å². The molecule has 1 saturated carbocycles. The monoisotopic (exact) mass is 285 g/mol. The molecule has 0 bridgehead atoms.